The third-order valence-electron chi connectivity index (χ3n) is 4.74. The fourth-order valence-corrected chi connectivity index (χ4v) is 4.92. The molecule has 0 amide bonds. The number of rotatable bonds is 5. The number of aromatic nitrogens is 7. The molecule has 1 saturated heterocycles. The van der Waals surface area contributed by atoms with Gasteiger partial charge < -0.3 is 0 Å². The Bertz CT molecular complexity index is 1220. The van der Waals surface area contributed by atoms with Gasteiger partial charge in [0.2, 0.25) is 10.0 Å². The smallest absolute Gasteiger partial charge is 0.245 e. The summed E-state index contributed by atoms with van der Waals surface area (Å²) in [6, 6.07) is 8.78. The van der Waals surface area contributed by atoms with E-state index in [4.69, 9.17) is 0 Å². The number of pyridine rings is 1. The van der Waals surface area contributed by atoms with Crippen LogP contribution in [0.2, 0.25) is 0 Å². The third-order valence-corrected chi connectivity index (χ3v) is 6.61. The zero-order chi connectivity index (χ0) is 19.1. The Hall–Kier alpha value is -3.18. The molecule has 5 rings (SSSR count). The Morgan fingerprint density at radius 1 is 1.04 bits per heavy atom. The lowest BCUT2D eigenvalue weighted by molar-refractivity contribution is 0.189. The molecule has 0 radical (unpaired) electrons. The van der Waals surface area contributed by atoms with Crippen LogP contribution in [0.1, 0.15) is 11.7 Å². The highest BCUT2D eigenvalue weighted by Gasteiger charge is 2.39. The minimum Gasteiger partial charge on any atom is -0.255 e. The SMILES string of the molecule is O=S(=O)(c1cccc2cccnc12)N1CC(n2cc(Cn3nccn3)nn2)C1. The lowest BCUT2D eigenvalue weighted by Crippen LogP contribution is -2.50. The molecule has 1 fully saturated rings. The van der Waals surface area contributed by atoms with Gasteiger partial charge in [-0.2, -0.15) is 19.3 Å². The summed E-state index contributed by atoms with van der Waals surface area (Å²) in [5, 5.41) is 17.1. The van der Waals surface area contributed by atoms with E-state index in [1.165, 1.54) is 9.10 Å². The standard InChI is InChI=1S/C17H16N8O2S/c26-28(27,16-5-1-3-13-4-2-6-18-17(13)16)23-11-15(12-23)24-9-14(21-22-24)10-25-19-7-8-20-25/h1-9,15H,10-12H2. The van der Waals surface area contributed by atoms with Crippen molar-refractivity contribution in [1.82, 2.24) is 39.3 Å². The van der Waals surface area contributed by atoms with E-state index in [1.54, 1.807) is 47.7 Å². The van der Waals surface area contributed by atoms with Gasteiger partial charge in [0.05, 0.1) is 30.1 Å². The van der Waals surface area contributed by atoms with Crippen LogP contribution in [0.15, 0.2) is 60.0 Å². The summed E-state index contributed by atoms with van der Waals surface area (Å²) >= 11 is 0. The molecule has 0 atom stereocenters. The van der Waals surface area contributed by atoms with E-state index >= 15 is 0 Å². The second kappa shape index (κ2) is 6.46. The molecule has 1 aliphatic heterocycles. The summed E-state index contributed by atoms with van der Waals surface area (Å²) < 4.78 is 29.2. The van der Waals surface area contributed by atoms with Crippen LogP contribution < -0.4 is 0 Å². The van der Waals surface area contributed by atoms with Crippen LogP contribution in [0.4, 0.5) is 0 Å². The van der Waals surface area contributed by atoms with Crippen molar-refractivity contribution in [3.63, 3.8) is 0 Å². The minimum atomic E-state index is -3.62. The third kappa shape index (κ3) is 2.84. The topological polar surface area (TPSA) is 112 Å². The highest BCUT2D eigenvalue weighted by Crippen LogP contribution is 2.30. The van der Waals surface area contributed by atoms with Crippen molar-refractivity contribution in [3.8, 4) is 0 Å². The van der Waals surface area contributed by atoms with E-state index in [-0.39, 0.29) is 10.9 Å². The first kappa shape index (κ1) is 17.0. The van der Waals surface area contributed by atoms with Crippen LogP contribution in [-0.2, 0) is 16.6 Å². The van der Waals surface area contributed by atoms with Gasteiger partial charge in [-0.3, -0.25) is 4.98 Å². The predicted octanol–water partition coefficient (Wildman–Crippen LogP) is 0.712. The summed E-state index contributed by atoms with van der Waals surface area (Å²) in [6.45, 7) is 1.10. The van der Waals surface area contributed by atoms with Gasteiger partial charge in [-0.1, -0.05) is 23.4 Å². The molecular weight excluding hydrogens is 380 g/mol. The van der Waals surface area contributed by atoms with Gasteiger partial charge in [-0.15, -0.1) is 5.10 Å². The minimum absolute atomic E-state index is 0.0514. The Morgan fingerprint density at radius 3 is 2.64 bits per heavy atom. The summed E-state index contributed by atoms with van der Waals surface area (Å²) in [7, 11) is -3.62. The number of benzene rings is 1. The quantitative estimate of drug-likeness (QED) is 0.488. The molecule has 0 saturated carbocycles. The zero-order valence-corrected chi connectivity index (χ0v) is 15.5. The number of hydrogen-bond donors (Lipinski definition) is 0. The van der Waals surface area contributed by atoms with E-state index in [1.807, 2.05) is 12.1 Å². The maximum absolute atomic E-state index is 13.0. The molecule has 28 heavy (non-hydrogen) atoms. The van der Waals surface area contributed by atoms with Gasteiger partial charge >= 0.3 is 0 Å². The Balaban J connectivity index is 1.33. The Labute approximate surface area is 160 Å². The first-order valence-electron chi connectivity index (χ1n) is 8.70. The van der Waals surface area contributed by atoms with Gasteiger partial charge in [-0.25, -0.2) is 13.1 Å². The zero-order valence-electron chi connectivity index (χ0n) is 14.7. The molecule has 4 heterocycles. The molecule has 3 aromatic heterocycles. The fraction of sp³-hybridized carbons (Fsp3) is 0.235. The Kier molecular flexibility index (Phi) is 3.91. The molecule has 11 heteroatoms. The summed E-state index contributed by atoms with van der Waals surface area (Å²) in [5.74, 6) is 0. The summed E-state index contributed by atoms with van der Waals surface area (Å²) in [4.78, 5) is 6.00. The lowest BCUT2D eigenvalue weighted by Gasteiger charge is -2.37. The molecule has 10 nitrogen and oxygen atoms in total. The molecule has 1 aliphatic rings. The van der Waals surface area contributed by atoms with Gasteiger partial charge in [0.1, 0.15) is 17.1 Å². The largest absolute Gasteiger partial charge is 0.255 e. The van der Waals surface area contributed by atoms with E-state index < -0.39 is 10.0 Å². The second-order valence-corrected chi connectivity index (χ2v) is 8.46. The van der Waals surface area contributed by atoms with E-state index in [9.17, 15) is 8.42 Å². The van der Waals surface area contributed by atoms with Gasteiger partial charge in [0.25, 0.3) is 0 Å². The fourth-order valence-electron chi connectivity index (χ4n) is 3.24. The molecule has 0 N–H and O–H groups in total. The maximum atomic E-state index is 13.0. The number of sulfonamides is 1. The van der Waals surface area contributed by atoms with E-state index in [0.717, 1.165) is 11.1 Å². The van der Waals surface area contributed by atoms with Gasteiger partial charge in [0, 0.05) is 24.7 Å². The molecule has 0 unspecified atom stereocenters. The van der Waals surface area contributed by atoms with Crippen molar-refractivity contribution in [2.24, 2.45) is 0 Å². The summed E-state index contributed by atoms with van der Waals surface area (Å²) in [6.07, 6.45) is 6.60. The van der Waals surface area contributed by atoms with Crippen molar-refractivity contribution < 1.29 is 8.42 Å². The first-order valence-corrected chi connectivity index (χ1v) is 10.1. The van der Waals surface area contributed by atoms with Crippen LogP contribution in [-0.4, -0.2) is 60.8 Å². The van der Waals surface area contributed by atoms with E-state index in [0.29, 0.717) is 25.2 Å². The van der Waals surface area contributed by atoms with Crippen molar-refractivity contribution in [1.29, 1.82) is 0 Å². The number of hydrogen-bond acceptors (Lipinski definition) is 7. The monoisotopic (exact) mass is 396 g/mol. The van der Waals surface area contributed by atoms with Crippen LogP contribution in [0.5, 0.6) is 0 Å². The molecule has 142 valence electrons. The van der Waals surface area contributed by atoms with Crippen LogP contribution in [0, 0.1) is 0 Å². The summed E-state index contributed by atoms with van der Waals surface area (Å²) in [5.41, 5.74) is 1.21. The average Bonchev–Trinajstić information content (AvgIpc) is 3.32. The van der Waals surface area contributed by atoms with Crippen LogP contribution >= 0.6 is 0 Å². The number of fused-ring (bicyclic) bond motifs is 1. The highest BCUT2D eigenvalue weighted by atomic mass is 32.2. The Morgan fingerprint density at radius 2 is 1.82 bits per heavy atom. The molecule has 4 aromatic rings. The second-order valence-electron chi connectivity index (χ2n) is 6.56. The maximum Gasteiger partial charge on any atom is 0.245 e. The molecule has 1 aromatic carbocycles. The molecule has 0 bridgehead atoms. The molecular formula is C17H16N8O2S. The van der Waals surface area contributed by atoms with Crippen LogP contribution in [0.25, 0.3) is 10.9 Å². The lowest BCUT2D eigenvalue weighted by atomic mass is 10.2. The number of nitrogens with zero attached hydrogens (tertiary/aromatic N) is 8. The van der Waals surface area contributed by atoms with Crippen molar-refractivity contribution >= 4 is 20.9 Å². The van der Waals surface area contributed by atoms with Crippen molar-refractivity contribution in [3.05, 3.63) is 60.8 Å². The molecule has 0 spiro atoms. The van der Waals surface area contributed by atoms with Crippen molar-refractivity contribution in [2.45, 2.75) is 17.5 Å². The van der Waals surface area contributed by atoms with E-state index in [2.05, 4.69) is 25.5 Å². The predicted molar refractivity (Wildman–Crippen MR) is 98.7 cm³/mol. The normalized spacial score (nSPS) is 15.7. The van der Waals surface area contributed by atoms with Crippen molar-refractivity contribution in [2.75, 3.05) is 13.1 Å². The molecule has 0 aliphatic carbocycles. The highest BCUT2D eigenvalue weighted by molar-refractivity contribution is 7.89. The first-order chi connectivity index (χ1) is 13.6. The average molecular weight is 396 g/mol. The van der Waals surface area contributed by atoms with Gasteiger partial charge in [-0.05, 0) is 12.1 Å². The number of para-hydroxylation sites is 1. The van der Waals surface area contributed by atoms with Gasteiger partial charge in [0.15, 0.2) is 0 Å². The van der Waals surface area contributed by atoms with Crippen LogP contribution in [0.3, 0.4) is 0 Å².